The van der Waals surface area contributed by atoms with E-state index in [1.165, 1.54) is 21.4 Å². The minimum absolute atomic E-state index is 0.0103. The average Bonchev–Trinajstić information content (AvgIpc) is 3.90. The van der Waals surface area contributed by atoms with Crippen molar-refractivity contribution in [2.75, 3.05) is 52.1 Å². The topological polar surface area (TPSA) is 165 Å². The number of ether oxygens (including phenoxy) is 1. The molecular formula is C43H54FN13O3S. The molecule has 322 valence electrons. The van der Waals surface area contributed by atoms with Gasteiger partial charge in [-0.15, -0.1) is 5.10 Å². The van der Waals surface area contributed by atoms with Crippen LogP contribution < -0.4 is 15.4 Å². The van der Waals surface area contributed by atoms with Gasteiger partial charge in [0.2, 0.25) is 17.5 Å². The minimum atomic E-state index is -0.447. The van der Waals surface area contributed by atoms with E-state index in [9.17, 15) is 9.59 Å². The molecule has 3 amide bonds. The van der Waals surface area contributed by atoms with Crippen molar-refractivity contribution >= 4 is 47.0 Å². The molecule has 6 heterocycles. The van der Waals surface area contributed by atoms with Gasteiger partial charge < -0.3 is 15.1 Å². The summed E-state index contributed by atoms with van der Waals surface area (Å²) in [7, 11) is 3.64. The molecule has 2 unspecified atom stereocenters. The summed E-state index contributed by atoms with van der Waals surface area (Å²) in [6, 6.07) is 13.2. The summed E-state index contributed by atoms with van der Waals surface area (Å²) in [6.07, 6.45) is 9.42. The predicted octanol–water partition coefficient (Wildman–Crippen LogP) is 6.73. The number of carbonyl (C=O) groups excluding carboxylic acids is 2. The van der Waals surface area contributed by atoms with Gasteiger partial charge in [-0.2, -0.15) is 19.7 Å². The van der Waals surface area contributed by atoms with Gasteiger partial charge in [0.25, 0.3) is 0 Å². The summed E-state index contributed by atoms with van der Waals surface area (Å²) in [6.45, 7) is 12.8. The molecule has 16 nitrogen and oxygen atoms in total. The molecule has 0 aliphatic carbocycles. The Labute approximate surface area is 359 Å². The van der Waals surface area contributed by atoms with Crippen molar-refractivity contribution in [1.82, 2.24) is 54.2 Å². The van der Waals surface area contributed by atoms with Gasteiger partial charge in [0, 0.05) is 74.5 Å². The number of anilines is 2. The number of likely N-dealkylation sites (tertiary alicyclic amines) is 1. The van der Waals surface area contributed by atoms with Gasteiger partial charge in [0.1, 0.15) is 17.8 Å². The lowest BCUT2D eigenvalue weighted by Gasteiger charge is -2.48. The van der Waals surface area contributed by atoms with Crippen molar-refractivity contribution in [1.29, 1.82) is 0 Å². The molecule has 3 aliphatic heterocycles. The van der Waals surface area contributed by atoms with Crippen LogP contribution in [0.15, 0.2) is 71.2 Å². The molecule has 0 bridgehead atoms. The van der Waals surface area contributed by atoms with Gasteiger partial charge in [0.15, 0.2) is 11.6 Å². The van der Waals surface area contributed by atoms with Gasteiger partial charge in [0.05, 0.1) is 18.0 Å². The molecule has 0 spiro atoms. The average molecular weight is 852 g/mol. The second-order valence-corrected chi connectivity index (χ2v) is 18.3. The first-order chi connectivity index (χ1) is 29.3. The Morgan fingerprint density at radius 2 is 1.93 bits per heavy atom. The molecule has 3 N–H and O–H groups in total. The Morgan fingerprint density at radius 3 is 2.64 bits per heavy atom. The number of hydrogen-bond acceptors (Lipinski definition) is 13. The van der Waals surface area contributed by atoms with Gasteiger partial charge in [-0.1, -0.05) is 24.3 Å². The van der Waals surface area contributed by atoms with E-state index in [0.29, 0.717) is 41.3 Å². The zero-order chi connectivity index (χ0) is 42.8. The number of fused-ring (bicyclic) bond motifs is 1. The van der Waals surface area contributed by atoms with Crippen LogP contribution in [-0.4, -0.2) is 125 Å². The number of aromatic nitrogens is 6. The van der Waals surface area contributed by atoms with Crippen molar-refractivity contribution in [3.8, 4) is 17.0 Å². The third-order valence-electron chi connectivity index (χ3n) is 11.4. The van der Waals surface area contributed by atoms with E-state index in [-0.39, 0.29) is 41.4 Å². The molecule has 3 aliphatic rings. The molecule has 3 saturated heterocycles. The number of hydrazone groups is 1. The van der Waals surface area contributed by atoms with E-state index < -0.39 is 6.03 Å². The fraction of sp³-hybridized carbons (Fsp3) is 0.465. The normalized spacial score (nSPS) is 20.3. The summed E-state index contributed by atoms with van der Waals surface area (Å²) >= 11 is 1.61. The minimum Gasteiger partial charge on any atom is -0.485 e. The highest BCUT2D eigenvalue weighted by Gasteiger charge is 2.37. The fourth-order valence-electron chi connectivity index (χ4n) is 8.51. The van der Waals surface area contributed by atoms with Crippen molar-refractivity contribution in [2.45, 2.75) is 82.3 Å². The zero-order valence-corrected chi connectivity index (χ0v) is 36.4. The Hall–Kier alpha value is -5.59. The smallest absolute Gasteiger partial charge is 0.329 e. The number of nitrogens with one attached hydrogen (secondary N) is 3. The first-order valence-corrected chi connectivity index (χ1v) is 21.7. The maximum atomic E-state index is 15.6. The maximum absolute atomic E-state index is 15.6. The number of benzene rings is 2. The van der Waals surface area contributed by atoms with E-state index in [1.807, 2.05) is 46.1 Å². The molecule has 2 aromatic carbocycles. The van der Waals surface area contributed by atoms with Crippen LogP contribution in [0.3, 0.4) is 0 Å². The lowest BCUT2D eigenvalue weighted by Crippen LogP contribution is -2.52. The predicted molar refractivity (Wildman–Crippen MR) is 233 cm³/mol. The van der Waals surface area contributed by atoms with Crippen LogP contribution in [0.4, 0.5) is 20.8 Å². The second kappa shape index (κ2) is 17.8. The lowest BCUT2D eigenvalue weighted by molar-refractivity contribution is -0.121. The molecular weight excluding hydrogens is 798 g/mol. The number of urea groups is 1. The Morgan fingerprint density at radius 1 is 1.11 bits per heavy atom. The number of hydrogen-bond donors (Lipinski definition) is 3. The summed E-state index contributed by atoms with van der Waals surface area (Å²) in [5.41, 5.74) is 4.21. The van der Waals surface area contributed by atoms with Crippen molar-refractivity contribution in [3.63, 3.8) is 0 Å². The second-order valence-electron chi connectivity index (χ2n) is 17.1. The van der Waals surface area contributed by atoms with Crippen LogP contribution in [0, 0.1) is 11.7 Å². The first-order valence-electron chi connectivity index (χ1n) is 20.9. The number of nitrogens with zero attached hydrogens (tertiary/aromatic N) is 10. The van der Waals surface area contributed by atoms with Crippen LogP contribution in [0.5, 0.6) is 5.75 Å². The number of imide groups is 1. The standard InChI is InChI=1S/C43H54FN13O3S/c1-27(2)60-38-37(32-22-46-47-23-32)45-26-57-40(38)50-41(52-57)48-35-14-13-33(20-34(35)44)61-55-17-7-8-28(25-55)24-54-18-15-31(21-43(54,3)4)29-9-11-30(12-10-29)39(51-53(5)6)56-19-16-36(58)49-42(56)59/h9-14,20,22-23,26-28,31H,7-8,15-19,21,24-25H2,1-6H3,(H,46,47)(H,48,52)(H,49,58,59)/b51-39+. The third kappa shape index (κ3) is 9.66. The molecule has 61 heavy (non-hydrogen) atoms. The van der Waals surface area contributed by atoms with E-state index in [0.717, 1.165) is 61.5 Å². The quantitative estimate of drug-likeness (QED) is 0.0526. The number of amidine groups is 1. The first kappa shape index (κ1) is 42.1. The maximum Gasteiger partial charge on any atom is 0.329 e. The summed E-state index contributed by atoms with van der Waals surface area (Å²) in [5, 5.41) is 23.1. The number of amides is 3. The third-order valence-corrected chi connectivity index (χ3v) is 12.5. The van der Waals surface area contributed by atoms with E-state index in [2.05, 4.69) is 76.2 Å². The number of piperidine rings is 2. The fourth-order valence-corrected chi connectivity index (χ4v) is 9.60. The zero-order valence-electron chi connectivity index (χ0n) is 35.6. The van der Waals surface area contributed by atoms with Gasteiger partial charge >= 0.3 is 6.03 Å². The van der Waals surface area contributed by atoms with Crippen molar-refractivity contribution < 1.29 is 18.7 Å². The molecule has 18 heteroatoms. The molecule has 0 saturated carbocycles. The molecule has 3 aromatic heterocycles. The SMILES string of the molecule is CC(C)Oc1c(-c2cn[nH]c2)ncn2nc(Nc3ccc(SN4CCCC(CN5CCC(c6ccc(/C(=N\N(C)C)N7CCC(=O)NC7=O)cc6)CC5(C)C)C4)cc3F)nc12. The largest absolute Gasteiger partial charge is 0.485 e. The number of rotatable bonds is 12. The Bertz CT molecular complexity index is 2380. The van der Waals surface area contributed by atoms with Gasteiger partial charge in [-0.05, 0) is 107 Å². The Balaban J connectivity index is 0.865. The highest BCUT2D eigenvalue weighted by molar-refractivity contribution is 7.97. The molecule has 5 aromatic rings. The molecule has 2 atom stereocenters. The number of aromatic amines is 1. The van der Waals surface area contributed by atoms with E-state index >= 15 is 4.39 Å². The molecule has 3 fully saturated rings. The lowest BCUT2D eigenvalue weighted by atomic mass is 9.78. The monoisotopic (exact) mass is 851 g/mol. The molecule has 0 radical (unpaired) electrons. The van der Waals surface area contributed by atoms with Gasteiger partial charge in [-0.3, -0.25) is 25.0 Å². The summed E-state index contributed by atoms with van der Waals surface area (Å²) < 4.78 is 25.6. The van der Waals surface area contributed by atoms with Crippen LogP contribution in [0.2, 0.25) is 0 Å². The van der Waals surface area contributed by atoms with E-state index in [1.54, 1.807) is 47.8 Å². The van der Waals surface area contributed by atoms with Gasteiger partial charge in [-0.25, -0.2) is 18.5 Å². The Kier molecular flexibility index (Phi) is 12.3. The number of carbonyl (C=O) groups is 2. The van der Waals surface area contributed by atoms with Crippen molar-refractivity contribution in [2.24, 2.45) is 11.0 Å². The van der Waals surface area contributed by atoms with Crippen LogP contribution in [0.1, 0.15) is 76.8 Å². The molecule has 8 rings (SSSR count). The number of H-pyrrole nitrogens is 1. The highest BCUT2D eigenvalue weighted by Crippen LogP contribution is 2.40. The van der Waals surface area contributed by atoms with E-state index in [4.69, 9.17) is 4.74 Å². The number of halogens is 1. The van der Waals surface area contributed by atoms with Crippen LogP contribution in [-0.2, 0) is 4.79 Å². The van der Waals surface area contributed by atoms with Crippen LogP contribution >= 0.6 is 11.9 Å². The summed E-state index contributed by atoms with van der Waals surface area (Å²) in [5.74, 6) is 1.49. The van der Waals surface area contributed by atoms with Crippen LogP contribution in [0.25, 0.3) is 16.9 Å². The summed E-state index contributed by atoms with van der Waals surface area (Å²) in [4.78, 5) is 38.7. The van der Waals surface area contributed by atoms with Crippen molar-refractivity contribution in [3.05, 3.63) is 78.1 Å². The highest BCUT2D eigenvalue weighted by atomic mass is 32.2.